The summed E-state index contributed by atoms with van der Waals surface area (Å²) in [4.78, 5) is 14.4. The molecule has 0 aliphatic carbocycles. The summed E-state index contributed by atoms with van der Waals surface area (Å²) in [7, 11) is 0. The summed E-state index contributed by atoms with van der Waals surface area (Å²) in [5.41, 5.74) is 0.820. The van der Waals surface area contributed by atoms with E-state index in [9.17, 15) is 4.79 Å². The molecule has 0 radical (unpaired) electrons. The molecule has 0 fully saturated rings. The molecular weight excluding hydrogens is 220 g/mol. The van der Waals surface area contributed by atoms with E-state index in [1.165, 1.54) is 12.3 Å². The van der Waals surface area contributed by atoms with E-state index in [0.717, 1.165) is 12.1 Å². The Morgan fingerprint density at radius 3 is 2.94 bits per heavy atom. The van der Waals surface area contributed by atoms with E-state index in [0.29, 0.717) is 19.8 Å². The van der Waals surface area contributed by atoms with Gasteiger partial charge in [-0.1, -0.05) is 6.08 Å². The molecule has 0 saturated carbocycles. The van der Waals surface area contributed by atoms with Gasteiger partial charge in [-0.05, 0) is 18.6 Å². The van der Waals surface area contributed by atoms with Crippen molar-refractivity contribution in [1.29, 1.82) is 0 Å². The van der Waals surface area contributed by atoms with E-state index >= 15 is 0 Å². The summed E-state index contributed by atoms with van der Waals surface area (Å²) >= 11 is 0. The van der Waals surface area contributed by atoms with Crippen molar-refractivity contribution in [2.24, 2.45) is 0 Å². The molecule has 92 valence electrons. The average Bonchev–Trinajstić information content (AvgIpc) is 2.34. The second-order valence-electron chi connectivity index (χ2n) is 3.35. The van der Waals surface area contributed by atoms with Gasteiger partial charge in [0.2, 0.25) is 0 Å². The van der Waals surface area contributed by atoms with Gasteiger partial charge >= 0.3 is 5.97 Å². The summed E-state index contributed by atoms with van der Waals surface area (Å²) < 4.78 is 5.31. The second kappa shape index (κ2) is 7.40. The molecule has 0 spiro atoms. The van der Waals surface area contributed by atoms with Crippen molar-refractivity contribution in [2.75, 3.05) is 25.1 Å². The van der Waals surface area contributed by atoms with Crippen molar-refractivity contribution in [3.8, 4) is 0 Å². The Labute approximate surface area is 100 Å². The average molecular weight is 236 g/mol. The third-order valence-corrected chi connectivity index (χ3v) is 2.02. The molecule has 1 aromatic heterocycles. The molecule has 1 rings (SSSR count). The largest absolute Gasteiger partial charge is 0.477 e. The van der Waals surface area contributed by atoms with Crippen LogP contribution in [0.1, 0.15) is 16.9 Å². The first-order chi connectivity index (χ1) is 8.24. The van der Waals surface area contributed by atoms with Gasteiger partial charge < -0.3 is 15.2 Å². The first-order valence-corrected chi connectivity index (χ1v) is 5.36. The lowest BCUT2D eigenvalue weighted by atomic mass is 10.3. The molecule has 0 saturated heterocycles. The molecule has 1 heterocycles. The van der Waals surface area contributed by atoms with Crippen LogP contribution in [-0.4, -0.2) is 35.8 Å². The smallest absolute Gasteiger partial charge is 0.354 e. The number of nitrogens with zero attached hydrogens (tertiary/aromatic N) is 1. The third-order valence-electron chi connectivity index (χ3n) is 2.02. The van der Waals surface area contributed by atoms with Gasteiger partial charge in [-0.15, -0.1) is 6.58 Å². The van der Waals surface area contributed by atoms with E-state index < -0.39 is 5.97 Å². The Morgan fingerprint density at radius 1 is 1.53 bits per heavy atom. The predicted molar refractivity (Wildman–Crippen MR) is 65.3 cm³/mol. The molecule has 0 aromatic carbocycles. The number of rotatable bonds is 8. The van der Waals surface area contributed by atoms with E-state index in [-0.39, 0.29) is 5.69 Å². The number of carboxylic acid groups (broad SMARTS) is 1. The van der Waals surface area contributed by atoms with Crippen molar-refractivity contribution < 1.29 is 14.6 Å². The van der Waals surface area contributed by atoms with Crippen LogP contribution in [0.15, 0.2) is 31.0 Å². The fourth-order valence-corrected chi connectivity index (χ4v) is 1.16. The van der Waals surface area contributed by atoms with Crippen molar-refractivity contribution in [2.45, 2.75) is 6.42 Å². The van der Waals surface area contributed by atoms with Gasteiger partial charge in [-0.25, -0.2) is 9.78 Å². The molecule has 0 amide bonds. The quantitative estimate of drug-likeness (QED) is 0.532. The molecular formula is C12H16N2O3. The summed E-state index contributed by atoms with van der Waals surface area (Å²) in [5.74, 6) is -1.02. The van der Waals surface area contributed by atoms with Crippen molar-refractivity contribution >= 4 is 11.7 Å². The van der Waals surface area contributed by atoms with Gasteiger partial charge in [0.05, 0.1) is 25.1 Å². The van der Waals surface area contributed by atoms with Crippen LogP contribution in [0, 0.1) is 0 Å². The van der Waals surface area contributed by atoms with Crippen LogP contribution < -0.4 is 5.32 Å². The van der Waals surface area contributed by atoms with Crippen LogP contribution in [0.25, 0.3) is 0 Å². The zero-order valence-corrected chi connectivity index (χ0v) is 9.56. The Balaban J connectivity index is 2.23. The van der Waals surface area contributed by atoms with Gasteiger partial charge in [-0.2, -0.15) is 0 Å². The number of anilines is 1. The van der Waals surface area contributed by atoms with E-state index in [1.807, 2.05) is 6.08 Å². The van der Waals surface area contributed by atoms with Crippen molar-refractivity contribution in [3.63, 3.8) is 0 Å². The van der Waals surface area contributed by atoms with Crippen LogP contribution in [0.4, 0.5) is 5.69 Å². The van der Waals surface area contributed by atoms with Gasteiger partial charge in [-0.3, -0.25) is 0 Å². The molecule has 5 heteroatoms. The number of carbonyl (C=O) groups is 1. The summed E-state index contributed by atoms with van der Waals surface area (Å²) in [6.07, 6.45) is 4.14. The maximum Gasteiger partial charge on any atom is 0.354 e. The number of aromatic carboxylic acids is 1. The normalized spacial score (nSPS) is 9.88. The van der Waals surface area contributed by atoms with Crippen LogP contribution >= 0.6 is 0 Å². The molecule has 0 unspecified atom stereocenters. The first kappa shape index (κ1) is 13.2. The highest BCUT2D eigenvalue weighted by atomic mass is 16.5. The van der Waals surface area contributed by atoms with Gasteiger partial charge in [0.15, 0.2) is 0 Å². The molecule has 1 aromatic rings. The molecule has 0 aliphatic heterocycles. The summed E-state index contributed by atoms with van der Waals surface area (Å²) in [5, 5.41) is 11.7. The molecule has 0 aliphatic rings. The maximum absolute atomic E-state index is 10.6. The van der Waals surface area contributed by atoms with Crippen LogP contribution in [0.2, 0.25) is 0 Å². The third kappa shape index (κ3) is 5.12. The zero-order valence-electron chi connectivity index (χ0n) is 9.56. The van der Waals surface area contributed by atoms with E-state index in [4.69, 9.17) is 9.84 Å². The number of hydrogen-bond donors (Lipinski definition) is 2. The molecule has 2 N–H and O–H groups in total. The van der Waals surface area contributed by atoms with Crippen LogP contribution in [0.5, 0.6) is 0 Å². The number of ether oxygens (including phenoxy) is 1. The maximum atomic E-state index is 10.6. The minimum atomic E-state index is -1.02. The standard InChI is InChI=1S/C12H16N2O3/c1-2-3-7-17-8-6-13-10-4-5-11(12(15)16)14-9-10/h2,4-5,9,13H,1,3,6-8H2,(H,15,16). The Morgan fingerprint density at radius 2 is 2.35 bits per heavy atom. The van der Waals surface area contributed by atoms with Gasteiger partial charge in [0.25, 0.3) is 0 Å². The summed E-state index contributed by atoms with van der Waals surface area (Å²) in [6, 6.07) is 3.14. The number of pyridine rings is 1. The number of hydrogen-bond acceptors (Lipinski definition) is 4. The molecule has 0 bridgehead atoms. The van der Waals surface area contributed by atoms with Gasteiger partial charge in [0.1, 0.15) is 5.69 Å². The first-order valence-electron chi connectivity index (χ1n) is 5.36. The number of nitrogens with one attached hydrogen (secondary N) is 1. The predicted octanol–water partition coefficient (Wildman–Crippen LogP) is 1.78. The number of carboxylic acids is 1. The highest BCUT2D eigenvalue weighted by molar-refractivity contribution is 5.85. The monoisotopic (exact) mass is 236 g/mol. The fourth-order valence-electron chi connectivity index (χ4n) is 1.16. The lowest BCUT2D eigenvalue weighted by Gasteiger charge is -2.06. The Hall–Kier alpha value is -1.88. The lowest BCUT2D eigenvalue weighted by molar-refractivity contribution is 0.0690. The zero-order chi connectivity index (χ0) is 12.5. The highest BCUT2D eigenvalue weighted by Gasteiger charge is 2.02. The molecule has 5 nitrogen and oxygen atoms in total. The molecule has 17 heavy (non-hydrogen) atoms. The minimum absolute atomic E-state index is 0.0396. The van der Waals surface area contributed by atoms with Crippen molar-refractivity contribution in [1.82, 2.24) is 4.98 Å². The Bertz CT molecular complexity index is 363. The van der Waals surface area contributed by atoms with Crippen LogP contribution in [0.3, 0.4) is 0 Å². The second-order valence-corrected chi connectivity index (χ2v) is 3.35. The fraction of sp³-hybridized carbons (Fsp3) is 0.333. The number of aromatic nitrogens is 1. The topological polar surface area (TPSA) is 71.5 Å². The van der Waals surface area contributed by atoms with E-state index in [2.05, 4.69) is 16.9 Å². The lowest BCUT2D eigenvalue weighted by Crippen LogP contribution is -2.10. The van der Waals surface area contributed by atoms with Gasteiger partial charge in [0, 0.05) is 6.54 Å². The summed E-state index contributed by atoms with van der Waals surface area (Å²) in [6.45, 7) is 5.51. The highest BCUT2D eigenvalue weighted by Crippen LogP contribution is 2.05. The SMILES string of the molecule is C=CCCOCCNc1ccc(C(=O)O)nc1. The van der Waals surface area contributed by atoms with Crippen LogP contribution in [-0.2, 0) is 4.74 Å². The Kier molecular flexibility index (Phi) is 5.74. The van der Waals surface area contributed by atoms with Crippen molar-refractivity contribution in [3.05, 3.63) is 36.7 Å². The molecule has 0 atom stereocenters. The van der Waals surface area contributed by atoms with E-state index in [1.54, 1.807) is 6.07 Å². The minimum Gasteiger partial charge on any atom is -0.477 e.